The smallest absolute Gasteiger partial charge is 0.0641 e. The number of allylic oxidation sites excluding steroid dienone is 5. The van der Waals surface area contributed by atoms with E-state index in [4.69, 9.17) is 0 Å². The van der Waals surface area contributed by atoms with Crippen molar-refractivity contribution >= 4 is 98.9 Å². The van der Waals surface area contributed by atoms with Crippen LogP contribution in [0.5, 0.6) is 0 Å². The normalized spacial score (nSPS) is 16.8. The molecule has 0 N–H and O–H groups in total. The summed E-state index contributed by atoms with van der Waals surface area (Å²) in [5.74, 6) is 1.63. The van der Waals surface area contributed by atoms with Crippen LogP contribution in [0.3, 0.4) is 0 Å². The maximum atomic E-state index is 2.58. The SMILES string of the molecule is CC(C)c1ccc(N(c2ccc3c4cc5c(cc4n4c6ccccc6c2c34)c2ccc(N(C3=CCC(C(C)C)C=C3)c3ccccc3)c3c4ccccc4n5c23)C2C=CC=CC2)cc1. The van der Waals surface area contributed by atoms with Gasteiger partial charge in [0.2, 0.25) is 0 Å². The lowest BCUT2D eigenvalue weighted by atomic mass is 9.88. The van der Waals surface area contributed by atoms with Crippen molar-refractivity contribution < 1.29 is 0 Å². The third-order valence-electron chi connectivity index (χ3n) is 14.6. The van der Waals surface area contributed by atoms with Crippen molar-refractivity contribution in [3.05, 3.63) is 193 Å². The van der Waals surface area contributed by atoms with Gasteiger partial charge in [-0.1, -0.05) is 143 Å². The second kappa shape index (κ2) is 14.1. The topological polar surface area (TPSA) is 15.3 Å². The van der Waals surface area contributed by atoms with E-state index in [1.807, 2.05) is 0 Å². The van der Waals surface area contributed by atoms with Crippen LogP contribution in [-0.2, 0) is 0 Å². The molecule has 4 heterocycles. The highest BCUT2D eigenvalue weighted by Crippen LogP contribution is 2.50. The number of hydrogen-bond acceptors (Lipinski definition) is 2. The first-order valence-electron chi connectivity index (χ1n) is 23.2. The molecule has 0 amide bonds. The molecule has 2 aliphatic carbocycles. The number of para-hydroxylation sites is 3. The van der Waals surface area contributed by atoms with Gasteiger partial charge in [0.15, 0.2) is 0 Å². The summed E-state index contributed by atoms with van der Waals surface area (Å²) in [6.07, 6.45) is 18.3. The lowest BCUT2D eigenvalue weighted by molar-refractivity contribution is 0.466. The van der Waals surface area contributed by atoms with Gasteiger partial charge in [-0.15, -0.1) is 0 Å². The van der Waals surface area contributed by atoms with Crippen LogP contribution in [-0.4, -0.2) is 14.8 Å². The molecule has 11 aromatic rings. The Hall–Kier alpha value is -7.30. The zero-order valence-electron chi connectivity index (χ0n) is 36.8. The third-order valence-corrected chi connectivity index (χ3v) is 14.6. The van der Waals surface area contributed by atoms with E-state index in [2.05, 4.69) is 228 Å². The van der Waals surface area contributed by atoms with Crippen molar-refractivity contribution in [2.45, 2.75) is 52.5 Å². The van der Waals surface area contributed by atoms with Crippen LogP contribution in [0.15, 0.2) is 188 Å². The molecule has 7 aromatic carbocycles. The minimum Gasteiger partial charge on any atom is -0.334 e. The minimum atomic E-state index is 0.198. The van der Waals surface area contributed by atoms with Gasteiger partial charge in [-0.25, -0.2) is 0 Å². The Kier molecular flexibility index (Phi) is 8.21. The van der Waals surface area contributed by atoms with Gasteiger partial charge in [0.1, 0.15) is 0 Å². The summed E-state index contributed by atoms with van der Waals surface area (Å²) < 4.78 is 5.13. The molecule has 13 rings (SSSR count). The monoisotopic (exact) mass is 826 g/mol. The summed E-state index contributed by atoms with van der Waals surface area (Å²) in [4.78, 5) is 5.07. The number of hydrogen-bond donors (Lipinski definition) is 0. The number of nitrogens with zero attached hydrogens (tertiary/aromatic N) is 4. The summed E-state index contributed by atoms with van der Waals surface area (Å²) in [5, 5.41) is 10.3. The van der Waals surface area contributed by atoms with Crippen LogP contribution >= 0.6 is 0 Å². The van der Waals surface area contributed by atoms with Crippen molar-refractivity contribution in [1.82, 2.24) is 8.80 Å². The van der Waals surface area contributed by atoms with Crippen LogP contribution in [0.2, 0.25) is 0 Å². The zero-order valence-corrected chi connectivity index (χ0v) is 36.8. The Morgan fingerprint density at radius 1 is 0.516 bits per heavy atom. The Balaban J connectivity index is 1.08. The number of rotatable bonds is 8. The number of benzene rings is 7. The average Bonchev–Trinajstić information content (AvgIpc) is 4.06. The first-order chi connectivity index (χ1) is 31.4. The van der Waals surface area contributed by atoms with E-state index in [1.54, 1.807) is 0 Å². The van der Waals surface area contributed by atoms with Crippen LogP contribution in [0.1, 0.15) is 52.0 Å². The largest absolute Gasteiger partial charge is 0.334 e. The summed E-state index contributed by atoms with van der Waals surface area (Å²) in [5.41, 5.74) is 15.0. The molecule has 0 aliphatic heterocycles. The summed E-state index contributed by atoms with van der Waals surface area (Å²) >= 11 is 0. The quantitative estimate of drug-likeness (QED) is 0.152. The van der Waals surface area contributed by atoms with Gasteiger partial charge < -0.3 is 18.6 Å². The Morgan fingerprint density at radius 3 is 1.70 bits per heavy atom. The third kappa shape index (κ3) is 5.29. The fourth-order valence-electron chi connectivity index (χ4n) is 11.4. The van der Waals surface area contributed by atoms with Crippen molar-refractivity contribution in [2.75, 3.05) is 9.80 Å². The van der Waals surface area contributed by atoms with Crippen LogP contribution in [0.25, 0.3) is 76.2 Å². The molecule has 310 valence electrons. The van der Waals surface area contributed by atoms with E-state index >= 15 is 0 Å². The maximum absolute atomic E-state index is 2.58. The van der Waals surface area contributed by atoms with Crippen LogP contribution in [0, 0.1) is 11.8 Å². The highest BCUT2D eigenvalue weighted by molar-refractivity contribution is 6.32. The van der Waals surface area contributed by atoms with E-state index in [0.717, 1.165) is 12.8 Å². The molecular weight excluding hydrogens is 777 g/mol. The van der Waals surface area contributed by atoms with Gasteiger partial charge in [-0.3, -0.25) is 0 Å². The number of fused-ring (bicyclic) bond motifs is 12. The minimum absolute atomic E-state index is 0.198. The van der Waals surface area contributed by atoms with Gasteiger partial charge in [0.05, 0.1) is 50.5 Å². The summed E-state index contributed by atoms with van der Waals surface area (Å²) in [7, 11) is 0. The Morgan fingerprint density at radius 2 is 1.12 bits per heavy atom. The molecule has 0 radical (unpaired) electrons. The van der Waals surface area contributed by atoms with Crippen molar-refractivity contribution in [3.63, 3.8) is 0 Å². The number of aromatic nitrogens is 2. The van der Waals surface area contributed by atoms with Crippen molar-refractivity contribution in [3.8, 4) is 0 Å². The Labute approximate surface area is 373 Å². The molecule has 0 bridgehead atoms. The predicted molar refractivity (Wildman–Crippen MR) is 274 cm³/mol. The van der Waals surface area contributed by atoms with Crippen molar-refractivity contribution in [2.24, 2.45) is 11.8 Å². The highest BCUT2D eigenvalue weighted by Gasteiger charge is 2.29. The molecule has 2 aliphatic rings. The number of anilines is 4. The highest BCUT2D eigenvalue weighted by atomic mass is 15.2. The molecular formula is C60H50N4. The summed E-state index contributed by atoms with van der Waals surface area (Å²) in [6, 6.07) is 53.1. The first-order valence-corrected chi connectivity index (χ1v) is 23.2. The maximum Gasteiger partial charge on any atom is 0.0641 e. The van der Waals surface area contributed by atoms with Gasteiger partial charge in [0.25, 0.3) is 0 Å². The van der Waals surface area contributed by atoms with Crippen LogP contribution in [0.4, 0.5) is 22.7 Å². The average molecular weight is 827 g/mol. The Bertz CT molecular complexity index is 3740. The lowest BCUT2D eigenvalue weighted by Crippen LogP contribution is -2.30. The lowest BCUT2D eigenvalue weighted by Gasteiger charge is -2.33. The van der Waals surface area contributed by atoms with Crippen molar-refractivity contribution in [1.29, 1.82) is 0 Å². The molecule has 0 saturated carbocycles. The second-order valence-electron chi connectivity index (χ2n) is 18.8. The fraction of sp³-hybridized carbons (Fsp3) is 0.167. The molecule has 4 heteroatoms. The summed E-state index contributed by atoms with van der Waals surface area (Å²) in [6.45, 7) is 9.20. The van der Waals surface area contributed by atoms with Gasteiger partial charge >= 0.3 is 0 Å². The fourth-order valence-corrected chi connectivity index (χ4v) is 11.4. The van der Waals surface area contributed by atoms with Crippen LogP contribution < -0.4 is 9.80 Å². The molecule has 4 nitrogen and oxygen atoms in total. The first kappa shape index (κ1) is 37.3. The molecule has 2 unspecified atom stereocenters. The molecule has 4 aromatic heterocycles. The van der Waals surface area contributed by atoms with Gasteiger partial charge in [-0.2, -0.15) is 0 Å². The molecule has 64 heavy (non-hydrogen) atoms. The standard InChI is InChI=1S/C60H50N4/c1-37(2)39-23-27-43(28-24-39)61(41-15-7-5-8-16-41)53-33-31-45-49-35-56-50(36-55(49)63-51-21-13-11-19-47(51)57(53)59(45)63)46-32-34-54(58-48-20-12-14-22-52(48)64(56)60(46)58)62(42-17-9-6-10-18-42)44-29-25-40(26-30-44)38(3)4/h5-17,19-23,25-39,42H,18,24H2,1-4H3. The van der Waals surface area contributed by atoms with E-state index in [-0.39, 0.29) is 6.04 Å². The van der Waals surface area contributed by atoms with E-state index < -0.39 is 0 Å². The van der Waals surface area contributed by atoms with Gasteiger partial charge in [-0.05, 0) is 103 Å². The van der Waals surface area contributed by atoms with Gasteiger partial charge in [0, 0.05) is 60.2 Å². The van der Waals surface area contributed by atoms with E-state index in [1.165, 1.54) is 110 Å². The molecule has 2 atom stereocenters. The van der Waals surface area contributed by atoms with E-state index in [0.29, 0.717) is 17.8 Å². The zero-order chi connectivity index (χ0) is 42.8. The van der Waals surface area contributed by atoms with E-state index in [9.17, 15) is 0 Å². The molecule has 0 spiro atoms. The molecule has 0 fully saturated rings. The molecule has 0 saturated heterocycles. The second-order valence-corrected chi connectivity index (χ2v) is 18.8. The predicted octanol–water partition coefficient (Wildman–Crippen LogP) is 16.4.